The van der Waals surface area contributed by atoms with Gasteiger partial charge in [-0.25, -0.2) is 4.79 Å². The summed E-state index contributed by atoms with van der Waals surface area (Å²) < 4.78 is 0. The average molecular weight is 293 g/mol. The quantitative estimate of drug-likeness (QED) is 0.761. The van der Waals surface area contributed by atoms with Gasteiger partial charge < -0.3 is 15.7 Å². The third kappa shape index (κ3) is 5.21. The first kappa shape index (κ1) is 16.6. The summed E-state index contributed by atoms with van der Waals surface area (Å²) >= 11 is 0. The Hall–Kier alpha value is -2.44. The van der Waals surface area contributed by atoms with E-state index in [9.17, 15) is 14.4 Å². The number of carboxylic acids is 1. The molecule has 0 saturated carbocycles. The lowest BCUT2D eigenvalue weighted by atomic mass is 10.1. The van der Waals surface area contributed by atoms with Crippen LogP contribution in [0, 0.1) is 0 Å². The zero-order valence-corrected chi connectivity index (χ0v) is 12.4. The third-order valence-electron chi connectivity index (χ3n) is 2.48. The standard InChI is InChI=1S/C14H19N3O4/c1-8(11(18)17-14(2,3)4)16-12(19)10-7-9(13(20)21)5-6-15-10/h5-8H,1-4H3,(H,16,19)(H,17,18)(H,20,21). The Morgan fingerprint density at radius 3 is 2.43 bits per heavy atom. The van der Waals surface area contributed by atoms with Crippen LogP contribution in [0.15, 0.2) is 18.3 Å². The van der Waals surface area contributed by atoms with Gasteiger partial charge in [-0.3, -0.25) is 14.6 Å². The molecule has 7 nitrogen and oxygen atoms in total. The van der Waals surface area contributed by atoms with E-state index >= 15 is 0 Å². The molecular formula is C14H19N3O4. The largest absolute Gasteiger partial charge is 0.478 e. The van der Waals surface area contributed by atoms with E-state index < -0.39 is 23.5 Å². The van der Waals surface area contributed by atoms with Crippen LogP contribution in [0.3, 0.4) is 0 Å². The molecule has 0 radical (unpaired) electrons. The first-order valence-corrected chi connectivity index (χ1v) is 6.42. The summed E-state index contributed by atoms with van der Waals surface area (Å²) in [7, 11) is 0. The van der Waals surface area contributed by atoms with Crippen molar-refractivity contribution in [2.75, 3.05) is 0 Å². The minimum atomic E-state index is -1.15. The summed E-state index contributed by atoms with van der Waals surface area (Å²) in [5.41, 5.74) is -0.496. The lowest BCUT2D eigenvalue weighted by Crippen LogP contribution is -2.50. The number of carboxylic acid groups (broad SMARTS) is 1. The van der Waals surface area contributed by atoms with E-state index in [1.807, 2.05) is 20.8 Å². The van der Waals surface area contributed by atoms with Gasteiger partial charge in [0.1, 0.15) is 11.7 Å². The fourth-order valence-electron chi connectivity index (χ4n) is 1.50. The SMILES string of the molecule is CC(NC(=O)c1cc(C(=O)O)ccn1)C(=O)NC(C)(C)C. The van der Waals surface area contributed by atoms with Crippen molar-refractivity contribution in [3.05, 3.63) is 29.6 Å². The van der Waals surface area contributed by atoms with Gasteiger partial charge in [0.25, 0.3) is 5.91 Å². The Morgan fingerprint density at radius 2 is 1.90 bits per heavy atom. The maximum atomic E-state index is 12.0. The second-order valence-electron chi connectivity index (χ2n) is 5.67. The number of rotatable bonds is 4. The molecule has 114 valence electrons. The molecule has 0 aliphatic carbocycles. The maximum absolute atomic E-state index is 12.0. The van der Waals surface area contributed by atoms with E-state index in [1.54, 1.807) is 6.92 Å². The molecule has 0 spiro atoms. The number of aromatic carboxylic acids is 1. The molecule has 0 aromatic carbocycles. The number of nitrogens with one attached hydrogen (secondary N) is 2. The van der Waals surface area contributed by atoms with Crippen LogP contribution in [0.1, 0.15) is 48.5 Å². The number of nitrogens with zero attached hydrogens (tertiary/aromatic N) is 1. The molecule has 0 saturated heterocycles. The van der Waals surface area contributed by atoms with Crippen molar-refractivity contribution in [1.29, 1.82) is 0 Å². The molecule has 0 bridgehead atoms. The smallest absolute Gasteiger partial charge is 0.335 e. The second kappa shape index (κ2) is 6.34. The summed E-state index contributed by atoms with van der Waals surface area (Å²) in [5.74, 6) is -2.08. The van der Waals surface area contributed by atoms with Crippen molar-refractivity contribution in [1.82, 2.24) is 15.6 Å². The summed E-state index contributed by atoms with van der Waals surface area (Å²) in [4.78, 5) is 38.5. The van der Waals surface area contributed by atoms with Crippen molar-refractivity contribution in [2.24, 2.45) is 0 Å². The number of pyridine rings is 1. The molecule has 0 aliphatic rings. The predicted octanol–water partition coefficient (Wildman–Crippen LogP) is 0.813. The maximum Gasteiger partial charge on any atom is 0.335 e. The van der Waals surface area contributed by atoms with Crippen LogP contribution in [0.25, 0.3) is 0 Å². The highest BCUT2D eigenvalue weighted by molar-refractivity contribution is 5.98. The van der Waals surface area contributed by atoms with E-state index in [-0.39, 0.29) is 17.2 Å². The minimum Gasteiger partial charge on any atom is -0.478 e. The molecule has 1 rings (SSSR count). The summed E-state index contributed by atoms with van der Waals surface area (Å²) in [5, 5.41) is 14.1. The van der Waals surface area contributed by atoms with E-state index in [0.29, 0.717) is 0 Å². The van der Waals surface area contributed by atoms with Crippen LogP contribution in [0.2, 0.25) is 0 Å². The normalized spacial score (nSPS) is 12.4. The number of amides is 2. The molecule has 2 amide bonds. The molecule has 1 atom stereocenters. The molecule has 0 aliphatic heterocycles. The highest BCUT2D eigenvalue weighted by Crippen LogP contribution is 2.03. The van der Waals surface area contributed by atoms with Gasteiger partial charge in [0, 0.05) is 11.7 Å². The van der Waals surface area contributed by atoms with Gasteiger partial charge in [0.05, 0.1) is 5.56 Å². The number of hydrogen-bond donors (Lipinski definition) is 3. The zero-order valence-electron chi connectivity index (χ0n) is 12.4. The first-order valence-electron chi connectivity index (χ1n) is 6.42. The molecule has 1 heterocycles. The number of hydrogen-bond acceptors (Lipinski definition) is 4. The lowest BCUT2D eigenvalue weighted by Gasteiger charge is -2.23. The van der Waals surface area contributed by atoms with Crippen LogP contribution in [-0.4, -0.2) is 39.5 Å². The van der Waals surface area contributed by atoms with Crippen LogP contribution in [0.5, 0.6) is 0 Å². The van der Waals surface area contributed by atoms with Crippen molar-refractivity contribution >= 4 is 17.8 Å². The van der Waals surface area contributed by atoms with Crippen molar-refractivity contribution in [3.8, 4) is 0 Å². The monoisotopic (exact) mass is 293 g/mol. The second-order valence-corrected chi connectivity index (χ2v) is 5.67. The van der Waals surface area contributed by atoms with Crippen molar-refractivity contribution in [2.45, 2.75) is 39.3 Å². The highest BCUT2D eigenvalue weighted by atomic mass is 16.4. The first-order chi connectivity index (χ1) is 9.60. The van der Waals surface area contributed by atoms with Gasteiger partial charge in [-0.05, 0) is 39.8 Å². The summed E-state index contributed by atoms with van der Waals surface area (Å²) in [6, 6.07) is 1.69. The van der Waals surface area contributed by atoms with Gasteiger partial charge in [-0.15, -0.1) is 0 Å². The molecule has 0 fully saturated rings. The molecular weight excluding hydrogens is 274 g/mol. The van der Waals surface area contributed by atoms with Crippen LogP contribution < -0.4 is 10.6 Å². The Kier molecular flexibility index (Phi) is 5.02. The fraction of sp³-hybridized carbons (Fsp3) is 0.429. The molecule has 3 N–H and O–H groups in total. The van der Waals surface area contributed by atoms with Gasteiger partial charge >= 0.3 is 5.97 Å². The average Bonchev–Trinajstić information content (AvgIpc) is 2.36. The molecule has 21 heavy (non-hydrogen) atoms. The van der Waals surface area contributed by atoms with Gasteiger partial charge in [0.15, 0.2) is 0 Å². The Bertz CT molecular complexity index is 564. The highest BCUT2D eigenvalue weighted by Gasteiger charge is 2.21. The van der Waals surface area contributed by atoms with Gasteiger partial charge in [0.2, 0.25) is 5.91 Å². The lowest BCUT2D eigenvalue weighted by molar-refractivity contribution is -0.124. The van der Waals surface area contributed by atoms with Crippen molar-refractivity contribution in [3.63, 3.8) is 0 Å². The van der Waals surface area contributed by atoms with E-state index in [1.165, 1.54) is 12.3 Å². The topological polar surface area (TPSA) is 108 Å². The minimum absolute atomic E-state index is 0.0399. The van der Waals surface area contributed by atoms with E-state index in [2.05, 4.69) is 15.6 Å². The Balaban J connectivity index is 2.75. The van der Waals surface area contributed by atoms with Crippen molar-refractivity contribution < 1.29 is 19.5 Å². The zero-order chi connectivity index (χ0) is 16.2. The number of carbonyl (C=O) groups is 3. The van der Waals surface area contributed by atoms with E-state index in [0.717, 1.165) is 6.07 Å². The summed E-state index contributed by atoms with van der Waals surface area (Å²) in [6.45, 7) is 7.03. The Labute approximate surface area is 122 Å². The van der Waals surface area contributed by atoms with Crippen LogP contribution >= 0.6 is 0 Å². The van der Waals surface area contributed by atoms with Crippen LogP contribution in [-0.2, 0) is 4.79 Å². The summed E-state index contributed by atoms with van der Waals surface area (Å²) in [6.07, 6.45) is 1.23. The predicted molar refractivity (Wildman–Crippen MR) is 76.0 cm³/mol. The third-order valence-corrected chi connectivity index (χ3v) is 2.48. The molecule has 1 aromatic heterocycles. The number of carbonyl (C=O) groups excluding carboxylic acids is 2. The molecule has 7 heteroatoms. The molecule has 1 unspecified atom stereocenters. The molecule has 1 aromatic rings. The van der Waals surface area contributed by atoms with E-state index in [4.69, 9.17) is 5.11 Å². The number of aromatic nitrogens is 1. The fourth-order valence-corrected chi connectivity index (χ4v) is 1.50. The van der Waals surface area contributed by atoms with Gasteiger partial charge in [-0.2, -0.15) is 0 Å². The van der Waals surface area contributed by atoms with Crippen LogP contribution in [0.4, 0.5) is 0 Å². The Morgan fingerprint density at radius 1 is 1.29 bits per heavy atom. The van der Waals surface area contributed by atoms with Gasteiger partial charge in [-0.1, -0.05) is 0 Å².